The first kappa shape index (κ1) is 13.6. The topological polar surface area (TPSA) is 12.0 Å². The molecule has 0 bridgehead atoms. The summed E-state index contributed by atoms with van der Waals surface area (Å²) < 4.78 is 0. The Morgan fingerprint density at radius 2 is 2.19 bits per heavy atom. The van der Waals surface area contributed by atoms with Gasteiger partial charge in [0.25, 0.3) is 0 Å². The van der Waals surface area contributed by atoms with E-state index < -0.39 is 0 Å². The van der Waals surface area contributed by atoms with E-state index in [-0.39, 0.29) is 0 Å². The van der Waals surface area contributed by atoms with Gasteiger partial charge >= 0.3 is 0 Å². The summed E-state index contributed by atoms with van der Waals surface area (Å²) in [5.74, 6) is 1.93. The molecule has 90 valence electrons. The van der Waals surface area contributed by atoms with Gasteiger partial charge in [0.05, 0.1) is 0 Å². The zero-order chi connectivity index (χ0) is 11.8. The SMILES string of the molecule is CNCC(CCCSC)c1cccc(C)c1. The van der Waals surface area contributed by atoms with Crippen molar-refractivity contribution in [1.29, 1.82) is 0 Å². The molecule has 1 aromatic carbocycles. The standard InChI is InChI=1S/C14H23NS/c1-12-6-4-7-13(10-12)14(11-15-2)8-5-9-16-3/h4,6-7,10,14-15H,5,8-9,11H2,1-3H3. The first-order valence-electron chi connectivity index (χ1n) is 5.98. The second-order valence-electron chi connectivity index (χ2n) is 4.30. The summed E-state index contributed by atoms with van der Waals surface area (Å²) in [6.45, 7) is 3.25. The normalized spacial score (nSPS) is 12.7. The number of hydrogen-bond donors (Lipinski definition) is 1. The predicted octanol–water partition coefficient (Wildman–Crippen LogP) is 3.44. The van der Waals surface area contributed by atoms with Gasteiger partial charge in [0.2, 0.25) is 0 Å². The summed E-state index contributed by atoms with van der Waals surface area (Å²) in [5, 5.41) is 3.31. The van der Waals surface area contributed by atoms with Crippen LogP contribution >= 0.6 is 11.8 Å². The summed E-state index contributed by atoms with van der Waals surface area (Å²) in [6, 6.07) is 8.92. The fraction of sp³-hybridized carbons (Fsp3) is 0.571. The van der Waals surface area contributed by atoms with E-state index in [1.54, 1.807) is 0 Å². The third-order valence-electron chi connectivity index (χ3n) is 2.87. The Morgan fingerprint density at radius 1 is 1.38 bits per heavy atom. The molecule has 1 rings (SSSR count). The molecule has 0 fully saturated rings. The molecule has 1 N–H and O–H groups in total. The number of thioether (sulfide) groups is 1. The molecule has 0 heterocycles. The first-order chi connectivity index (χ1) is 7.77. The Labute approximate surface area is 104 Å². The maximum Gasteiger partial charge on any atom is 0.00171 e. The van der Waals surface area contributed by atoms with Crippen LogP contribution in [0.15, 0.2) is 24.3 Å². The summed E-state index contributed by atoms with van der Waals surface area (Å²) >= 11 is 1.94. The molecule has 0 radical (unpaired) electrons. The molecule has 0 amide bonds. The Hall–Kier alpha value is -0.470. The Morgan fingerprint density at radius 3 is 2.81 bits per heavy atom. The van der Waals surface area contributed by atoms with Gasteiger partial charge in [-0.1, -0.05) is 29.8 Å². The molecular weight excluding hydrogens is 214 g/mol. The Bertz CT molecular complexity index is 299. The van der Waals surface area contributed by atoms with E-state index in [0.29, 0.717) is 5.92 Å². The summed E-state index contributed by atoms with van der Waals surface area (Å²) in [7, 11) is 2.04. The predicted molar refractivity (Wildman–Crippen MR) is 75.5 cm³/mol. The van der Waals surface area contributed by atoms with Crippen LogP contribution in [0.3, 0.4) is 0 Å². The highest BCUT2D eigenvalue weighted by Gasteiger charge is 2.10. The van der Waals surface area contributed by atoms with E-state index in [1.165, 1.54) is 29.7 Å². The third-order valence-corrected chi connectivity index (χ3v) is 3.56. The zero-order valence-electron chi connectivity index (χ0n) is 10.6. The molecular formula is C14H23NS. The number of benzene rings is 1. The van der Waals surface area contributed by atoms with E-state index >= 15 is 0 Å². The monoisotopic (exact) mass is 237 g/mol. The molecule has 0 spiro atoms. The van der Waals surface area contributed by atoms with Crippen LogP contribution in [0.1, 0.15) is 29.9 Å². The van der Waals surface area contributed by atoms with Crippen molar-refractivity contribution in [3.63, 3.8) is 0 Å². The maximum atomic E-state index is 3.31. The fourth-order valence-corrected chi connectivity index (χ4v) is 2.49. The van der Waals surface area contributed by atoms with Gasteiger partial charge in [-0.2, -0.15) is 11.8 Å². The summed E-state index contributed by atoms with van der Waals surface area (Å²) in [4.78, 5) is 0. The highest BCUT2D eigenvalue weighted by molar-refractivity contribution is 7.98. The Balaban J connectivity index is 2.61. The highest BCUT2D eigenvalue weighted by atomic mass is 32.2. The lowest BCUT2D eigenvalue weighted by Gasteiger charge is -2.17. The fourth-order valence-electron chi connectivity index (χ4n) is 2.03. The number of aryl methyl sites for hydroxylation is 1. The van der Waals surface area contributed by atoms with Crippen LogP contribution in [-0.2, 0) is 0 Å². The molecule has 0 saturated heterocycles. The van der Waals surface area contributed by atoms with Crippen molar-refractivity contribution in [3.05, 3.63) is 35.4 Å². The molecule has 1 unspecified atom stereocenters. The van der Waals surface area contributed by atoms with Crippen molar-refractivity contribution in [2.45, 2.75) is 25.7 Å². The molecule has 16 heavy (non-hydrogen) atoms. The first-order valence-corrected chi connectivity index (χ1v) is 7.37. The van der Waals surface area contributed by atoms with Crippen LogP contribution in [0, 0.1) is 6.92 Å². The molecule has 0 saturated carbocycles. The van der Waals surface area contributed by atoms with Gasteiger partial charge in [-0.15, -0.1) is 0 Å². The number of likely N-dealkylation sites (N-methyl/N-ethyl adjacent to an activating group) is 1. The number of rotatable bonds is 7. The lowest BCUT2D eigenvalue weighted by molar-refractivity contribution is 0.578. The lowest BCUT2D eigenvalue weighted by Crippen LogP contribution is -2.17. The molecule has 0 aromatic heterocycles. The van der Waals surface area contributed by atoms with Crippen LogP contribution in [0.25, 0.3) is 0 Å². The van der Waals surface area contributed by atoms with E-state index in [4.69, 9.17) is 0 Å². The van der Waals surface area contributed by atoms with Gasteiger partial charge in [-0.3, -0.25) is 0 Å². The molecule has 1 aromatic rings. The average molecular weight is 237 g/mol. The second kappa shape index (κ2) is 7.75. The smallest absolute Gasteiger partial charge is 0.00171 e. The maximum absolute atomic E-state index is 3.31. The second-order valence-corrected chi connectivity index (χ2v) is 5.29. The van der Waals surface area contributed by atoms with Crippen molar-refractivity contribution >= 4 is 11.8 Å². The minimum absolute atomic E-state index is 0.664. The van der Waals surface area contributed by atoms with Crippen molar-refractivity contribution in [1.82, 2.24) is 5.32 Å². The molecule has 1 atom stereocenters. The summed E-state index contributed by atoms with van der Waals surface area (Å²) in [5.41, 5.74) is 2.85. The molecule has 0 aliphatic rings. The van der Waals surface area contributed by atoms with E-state index in [9.17, 15) is 0 Å². The van der Waals surface area contributed by atoms with Crippen LogP contribution in [-0.4, -0.2) is 25.6 Å². The lowest BCUT2D eigenvalue weighted by atomic mass is 9.93. The van der Waals surface area contributed by atoms with Gasteiger partial charge in [0, 0.05) is 6.54 Å². The Kier molecular flexibility index (Phi) is 6.58. The highest BCUT2D eigenvalue weighted by Crippen LogP contribution is 2.22. The number of nitrogens with one attached hydrogen (secondary N) is 1. The van der Waals surface area contributed by atoms with Crippen molar-refractivity contribution in [2.24, 2.45) is 0 Å². The van der Waals surface area contributed by atoms with E-state index in [1.807, 2.05) is 18.8 Å². The van der Waals surface area contributed by atoms with Crippen LogP contribution < -0.4 is 5.32 Å². The van der Waals surface area contributed by atoms with Gasteiger partial charge in [0.1, 0.15) is 0 Å². The summed E-state index contributed by atoms with van der Waals surface area (Å²) in [6.07, 6.45) is 4.77. The quantitative estimate of drug-likeness (QED) is 0.729. The molecule has 1 nitrogen and oxygen atoms in total. The molecule has 0 aliphatic heterocycles. The minimum atomic E-state index is 0.664. The average Bonchev–Trinajstić information content (AvgIpc) is 2.28. The van der Waals surface area contributed by atoms with Crippen LogP contribution in [0.2, 0.25) is 0 Å². The van der Waals surface area contributed by atoms with Crippen LogP contribution in [0.4, 0.5) is 0 Å². The van der Waals surface area contributed by atoms with E-state index in [0.717, 1.165) is 6.54 Å². The minimum Gasteiger partial charge on any atom is -0.319 e. The van der Waals surface area contributed by atoms with Gasteiger partial charge in [-0.05, 0) is 50.3 Å². The molecule has 2 heteroatoms. The van der Waals surface area contributed by atoms with Crippen molar-refractivity contribution < 1.29 is 0 Å². The van der Waals surface area contributed by atoms with Gasteiger partial charge in [-0.25, -0.2) is 0 Å². The van der Waals surface area contributed by atoms with Gasteiger partial charge in [0.15, 0.2) is 0 Å². The van der Waals surface area contributed by atoms with Crippen molar-refractivity contribution in [2.75, 3.05) is 25.6 Å². The largest absolute Gasteiger partial charge is 0.319 e. The third kappa shape index (κ3) is 4.58. The van der Waals surface area contributed by atoms with Gasteiger partial charge < -0.3 is 5.32 Å². The van der Waals surface area contributed by atoms with E-state index in [2.05, 4.69) is 42.8 Å². The molecule has 0 aliphatic carbocycles. The zero-order valence-corrected chi connectivity index (χ0v) is 11.4. The van der Waals surface area contributed by atoms with Crippen LogP contribution in [0.5, 0.6) is 0 Å². The van der Waals surface area contributed by atoms with Crippen molar-refractivity contribution in [3.8, 4) is 0 Å². The number of hydrogen-bond acceptors (Lipinski definition) is 2.